The van der Waals surface area contributed by atoms with Crippen molar-refractivity contribution in [2.24, 2.45) is 0 Å². The van der Waals surface area contributed by atoms with Gasteiger partial charge in [-0.25, -0.2) is 0 Å². The summed E-state index contributed by atoms with van der Waals surface area (Å²) in [7, 11) is 0. The van der Waals surface area contributed by atoms with Gasteiger partial charge in [-0.2, -0.15) is 8.78 Å². The van der Waals surface area contributed by atoms with Crippen molar-refractivity contribution in [3.8, 4) is 0 Å². The predicted octanol–water partition coefficient (Wildman–Crippen LogP) is 3.63. The van der Waals surface area contributed by atoms with Crippen LogP contribution in [0.1, 0.15) is 43.6 Å². The van der Waals surface area contributed by atoms with Crippen LogP contribution in [-0.2, 0) is 5.92 Å². The molecular weight excluding hydrogens is 184 g/mol. The third kappa shape index (κ3) is 2.28. The summed E-state index contributed by atoms with van der Waals surface area (Å²) in [5, 5.41) is 0. The SMILES string of the molecule is Cc1nc(C(C)(F)F)ccc1C(C)C. The number of hydrogen-bond donors (Lipinski definition) is 0. The zero-order chi connectivity index (χ0) is 10.9. The molecule has 0 aliphatic rings. The fourth-order valence-corrected chi connectivity index (χ4v) is 1.43. The zero-order valence-corrected chi connectivity index (χ0v) is 8.94. The summed E-state index contributed by atoms with van der Waals surface area (Å²) in [5.41, 5.74) is 1.57. The van der Waals surface area contributed by atoms with Crippen LogP contribution in [0.5, 0.6) is 0 Å². The highest BCUT2D eigenvalue weighted by molar-refractivity contribution is 5.26. The van der Waals surface area contributed by atoms with Crippen LogP contribution < -0.4 is 0 Å². The van der Waals surface area contributed by atoms with Crippen LogP contribution in [-0.4, -0.2) is 4.98 Å². The molecule has 0 bridgehead atoms. The van der Waals surface area contributed by atoms with Crippen LogP contribution in [0.4, 0.5) is 8.78 Å². The Bertz CT molecular complexity index is 327. The van der Waals surface area contributed by atoms with Crippen molar-refractivity contribution in [3.63, 3.8) is 0 Å². The fraction of sp³-hybridized carbons (Fsp3) is 0.545. The highest BCUT2D eigenvalue weighted by atomic mass is 19.3. The Morgan fingerprint density at radius 3 is 2.21 bits per heavy atom. The van der Waals surface area contributed by atoms with E-state index in [0.717, 1.165) is 12.5 Å². The van der Waals surface area contributed by atoms with Crippen LogP contribution in [0.25, 0.3) is 0 Å². The number of nitrogens with zero attached hydrogens (tertiary/aromatic N) is 1. The van der Waals surface area contributed by atoms with E-state index in [1.54, 1.807) is 13.0 Å². The molecule has 3 heteroatoms. The molecule has 0 saturated carbocycles. The summed E-state index contributed by atoms with van der Waals surface area (Å²) in [6.45, 7) is 6.68. The molecule has 0 amide bonds. The number of pyridine rings is 1. The normalized spacial score (nSPS) is 12.2. The molecule has 78 valence electrons. The van der Waals surface area contributed by atoms with Crippen LogP contribution in [0.15, 0.2) is 12.1 Å². The highest BCUT2D eigenvalue weighted by Crippen LogP contribution is 2.27. The van der Waals surface area contributed by atoms with Crippen molar-refractivity contribution in [2.75, 3.05) is 0 Å². The lowest BCUT2D eigenvalue weighted by atomic mass is 10.0. The third-order valence-corrected chi connectivity index (χ3v) is 2.20. The van der Waals surface area contributed by atoms with E-state index >= 15 is 0 Å². The van der Waals surface area contributed by atoms with Gasteiger partial charge < -0.3 is 0 Å². The Hall–Kier alpha value is -0.990. The highest BCUT2D eigenvalue weighted by Gasteiger charge is 2.26. The minimum atomic E-state index is -2.85. The van der Waals surface area contributed by atoms with Gasteiger partial charge in [-0.15, -0.1) is 0 Å². The summed E-state index contributed by atoms with van der Waals surface area (Å²) >= 11 is 0. The van der Waals surface area contributed by atoms with E-state index in [-0.39, 0.29) is 5.69 Å². The Kier molecular flexibility index (Phi) is 2.88. The van der Waals surface area contributed by atoms with Gasteiger partial charge in [-0.1, -0.05) is 19.9 Å². The Balaban J connectivity index is 3.13. The van der Waals surface area contributed by atoms with Crippen molar-refractivity contribution in [2.45, 2.75) is 39.5 Å². The summed E-state index contributed by atoms with van der Waals surface area (Å²) in [6.07, 6.45) is 0. The van der Waals surface area contributed by atoms with E-state index in [9.17, 15) is 8.78 Å². The molecule has 0 aromatic carbocycles. The number of rotatable bonds is 2. The fourth-order valence-electron chi connectivity index (χ4n) is 1.43. The van der Waals surface area contributed by atoms with Gasteiger partial charge in [-0.05, 0) is 24.5 Å². The molecule has 0 aliphatic carbocycles. The number of aryl methyl sites for hydroxylation is 1. The molecule has 0 fully saturated rings. The molecule has 0 unspecified atom stereocenters. The summed E-state index contributed by atoms with van der Waals surface area (Å²) in [4.78, 5) is 3.92. The topological polar surface area (TPSA) is 12.9 Å². The molecule has 0 aliphatic heterocycles. The average Bonchev–Trinajstić information content (AvgIpc) is 2.01. The van der Waals surface area contributed by atoms with Gasteiger partial charge in [0.1, 0.15) is 5.69 Å². The molecule has 0 spiro atoms. The first-order valence-electron chi connectivity index (χ1n) is 4.68. The second-order valence-electron chi connectivity index (χ2n) is 3.91. The maximum Gasteiger partial charge on any atom is 0.286 e. The number of halogens is 2. The van der Waals surface area contributed by atoms with E-state index in [1.165, 1.54) is 6.07 Å². The van der Waals surface area contributed by atoms with Gasteiger partial charge in [-0.3, -0.25) is 4.98 Å². The smallest absolute Gasteiger partial charge is 0.252 e. The van der Waals surface area contributed by atoms with E-state index in [0.29, 0.717) is 11.6 Å². The van der Waals surface area contributed by atoms with Gasteiger partial charge in [0.25, 0.3) is 5.92 Å². The van der Waals surface area contributed by atoms with E-state index < -0.39 is 5.92 Å². The second-order valence-corrected chi connectivity index (χ2v) is 3.91. The number of hydrogen-bond acceptors (Lipinski definition) is 1. The molecule has 1 heterocycles. The molecule has 1 nitrogen and oxygen atoms in total. The molecule has 1 aromatic rings. The lowest BCUT2D eigenvalue weighted by Crippen LogP contribution is -2.11. The average molecular weight is 199 g/mol. The molecule has 0 N–H and O–H groups in total. The standard InChI is InChI=1S/C11H15F2N/c1-7(2)9-5-6-10(11(4,12)13)14-8(9)3/h5-7H,1-4H3. The van der Waals surface area contributed by atoms with Crippen molar-refractivity contribution in [1.82, 2.24) is 4.98 Å². The van der Waals surface area contributed by atoms with Crippen molar-refractivity contribution in [3.05, 3.63) is 29.1 Å². The summed E-state index contributed by atoms with van der Waals surface area (Å²) in [5.74, 6) is -2.53. The minimum absolute atomic E-state index is 0.153. The van der Waals surface area contributed by atoms with Gasteiger partial charge in [0.05, 0.1) is 0 Å². The lowest BCUT2D eigenvalue weighted by Gasteiger charge is -2.14. The summed E-state index contributed by atoms with van der Waals surface area (Å²) in [6, 6.07) is 3.14. The van der Waals surface area contributed by atoms with Gasteiger partial charge >= 0.3 is 0 Å². The summed E-state index contributed by atoms with van der Waals surface area (Å²) < 4.78 is 25.8. The predicted molar refractivity (Wildman–Crippen MR) is 52.6 cm³/mol. The minimum Gasteiger partial charge on any atom is -0.252 e. The maximum atomic E-state index is 12.9. The van der Waals surface area contributed by atoms with Crippen LogP contribution >= 0.6 is 0 Å². The largest absolute Gasteiger partial charge is 0.286 e. The molecule has 1 aromatic heterocycles. The number of alkyl halides is 2. The van der Waals surface area contributed by atoms with E-state index in [1.807, 2.05) is 13.8 Å². The first-order valence-corrected chi connectivity index (χ1v) is 4.68. The zero-order valence-electron chi connectivity index (χ0n) is 8.94. The molecule has 1 rings (SSSR count). The molecule has 0 atom stereocenters. The van der Waals surface area contributed by atoms with E-state index in [2.05, 4.69) is 4.98 Å². The van der Waals surface area contributed by atoms with Gasteiger partial charge in [0.15, 0.2) is 0 Å². The first-order chi connectivity index (χ1) is 6.32. The third-order valence-electron chi connectivity index (χ3n) is 2.20. The lowest BCUT2D eigenvalue weighted by molar-refractivity contribution is 0.0126. The number of aromatic nitrogens is 1. The molecular formula is C11H15F2N. The second kappa shape index (κ2) is 3.64. The van der Waals surface area contributed by atoms with Gasteiger partial charge in [0, 0.05) is 12.6 Å². The molecule has 14 heavy (non-hydrogen) atoms. The Morgan fingerprint density at radius 1 is 1.29 bits per heavy atom. The van der Waals surface area contributed by atoms with Crippen LogP contribution in [0, 0.1) is 6.92 Å². The van der Waals surface area contributed by atoms with Crippen LogP contribution in [0.2, 0.25) is 0 Å². The quantitative estimate of drug-likeness (QED) is 0.708. The van der Waals surface area contributed by atoms with Crippen molar-refractivity contribution in [1.29, 1.82) is 0 Å². The van der Waals surface area contributed by atoms with Crippen molar-refractivity contribution < 1.29 is 8.78 Å². The van der Waals surface area contributed by atoms with E-state index in [4.69, 9.17) is 0 Å². The maximum absolute atomic E-state index is 12.9. The molecule has 0 saturated heterocycles. The van der Waals surface area contributed by atoms with Gasteiger partial charge in [0.2, 0.25) is 0 Å². The first kappa shape index (κ1) is 11.1. The van der Waals surface area contributed by atoms with Crippen LogP contribution in [0.3, 0.4) is 0 Å². The van der Waals surface area contributed by atoms with Crippen molar-refractivity contribution >= 4 is 0 Å². The Labute approximate surface area is 83.2 Å². The molecule has 0 radical (unpaired) electrons. The Morgan fingerprint density at radius 2 is 1.86 bits per heavy atom. The monoisotopic (exact) mass is 199 g/mol.